The van der Waals surface area contributed by atoms with Gasteiger partial charge in [-0.2, -0.15) is 0 Å². The number of piperidine rings is 1. The summed E-state index contributed by atoms with van der Waals surface area (Å²) >= 11 is 0. The second kappa shape index (κ2) is 8.78. The zero-order valence-corrected chi connectivity index (χ0v) is 16.4. The van der Waals surface area contributed by atoms with E-state index in [1.54, 1.807) is 12.1 Å². The molecule has 0 aliphatic carbocycles. The maximum absolute atomic E-state index is 13.1. The molecule has 2 fully saturated rings. The highest BCUT2D eigenvalue weighted by atomic mass is 19.1. The van der Waals surface area contributed by atoms with Crippen LogP contribution in [-0.2, 0) is 11.3 Å². The predicted octanol–water partition coefficient (Wildman–Crippen LogP) is 3.70. The third kappa shape index (κ3) is 4.50. The Morgan fingerprint density at radius 1 is 1.21 bits per heavy atom. The number of benzene rings is 1. The van der Waals surface area contributed by atoms with Crippen molar-refractivity contribution < 1.29 is 19.0 Å². The molecule has 1 aromatic carbocycles. The first-order chi connectivity index (χ1) is 14.1. The van der Waals surface area contributed by atoms with Gasteiger partial charge in [-0.3, -0.25) is 4.79 Å². The number of halogens is 1. The number of aromatic hydroxyl groups is 1. The van der Waals surface area contributed by atoms with E-state index in [1.807, 2.05) is 6.07 Å². The predicted molar refractivity (Wildman–Crippen MR) is 107 cm³/mol. The topological polar surface area (TPSA) is 74.7 Å². The van der Waals surface area contributed by atoms with E-state index in [1.165, 1.54) is 18.6 Å². The lowest BCUT2D eigenvalue weighted by atomic mass is 10.1. The number of nitrogens with one attached hydrogen (secondary N) is 1. The van der Waals surface area contributed by atoms with Crippen molar-refractivity contribution in [2.24, 2.45) is 0 Å². The van der Waals surface area contributed by atoms with Gasteiger partial charge in [0, 0.05) is 26.2 Å². The molecule has 1 aromatic heterocycles. The van der Waals surface area contributed by atoms with Gasteiger partial charge in [-0.15, -0.1) is 0 Å². The van der Waals surface area contributed by atoms with Crippen LogP contribution >= 0.6 is 0 Å². The minimum absolute atomic E-state index is 0.0145. The first-order valence-electron chi connectivity index (χ1n) is 10.2. The molecule has 29 heavy (non-hydrogen) atoms. The molecule has 2 N–H and O–H groups in total. The summed E-state index contributed by atoms with van der Waals surface area (Å²) in [5, 5.41) is 13.6. The summed E-state index contributed by atoms with van der Waals surface area (Å²) in [5.74, 6) is -0.870. The van der Waals surface area contributed by atoms with Crippen LogP contribution in [0, 0.1) is 5.82 Å². The standard InChI is InChI=1S/C22H26FN3O3/c23-16-8-6-15(7-9-16)14-24-22(28)20-21(27)18(26-10-2-1-3-11-26)13-17(25-20)19-5-4-12-29-19/h6-9,13,19,27H,1-5,10-12,14H2,(H,24,28). The van der Waals surface area contributed by atoms with Crippen LogP contribution in [0.5, 0.6) is 5.75 Å². The smallest absolute Gasteiger partial charge is 0.274 e. The number of carbonyl (C=O) groups is 1. The number of nitrogens with zero attached hydrogens (tertiary/aromatic N) is 2. The molecule has 0 radical (unpaired) electrons. The second-order valence-corrected chi connectivity index (χ2v) is 7.62. The van der Waals surface area contributed by atoms with Crippen LogP contribution in [0.2, 0.25) is 0 Å². The number of hydrogen-bond acceptors (Lipinski definition) is 5. The fourth-order valence-electron chi connectivity index (χ4n) is 3.92. The lowest BCUT2D eigenvalue weighted by molar-refractivity contribution is 0.0936. The lowest BCUT2D eigenvalue weighted by Crippen LogP contribution is -2.31. The van der Waals surface area contributed by atoms with Crippen LogP contribution in [0.15, 0.2) is 30.3 Å². The number of pyridine rings is 1. The Morgan fingerprint density at radius 3 is 2.66 bits per heavy atom. The minimum atomic E-state index is -0.454. The molecular formula is C22H26FN3O3. The minimum Gasteiger partial charge on any atom is -0.504 e. The van der Waals surface area contributed by atoms with E-state index in [4.69, 9.17) is 4.74 Å². The van der Waals surface area contributed by atoms with Gasteiger partial charge in [0.15, 0.2) is 11.4 Å². The molecule has 6 nitrogen and oxygen atoms in total. The molecule has 7 heteroatoms. The van der Waals surface area contributed by atoms with Gasteiger partial charge in [0.1, 0.15) is 5.82 Å². The Balaban J connectivity index is 1.60. The Hall–Kier alpha value is -2.67. The molecule has 0 bridgehead atoms. The van der Waals surface area contributed by atoms with Crippen LogP contribution < -0.4 is 10.2 Å². The van der Waals surface area contributed by atoms with Gasteiger partial charge in [-0.25, -0.2) is 9.37 Å². The maximum atomic E-state index is 13.1. The van der Waals surface area contributed by atoms with Crippen LogP contribution in [0.1, 0.15) is 60.0 Å². The average Bonchev–Trinajstić information content (AvgIpc) is 3.29. The Bertz CT molecular complexity index is 860. The Kier molecular flexibility index (Phi) is 5.94. The van der Waals surface area contributed by atoms with Crippen molar-refractivity contribution in [3.63, 3.8) is 0 Å². The summed E-state index contributed by atoms with van der Waals surface area (Å²) in [4.78, 5) is 19.4. The van der Waals surface area contributed by atoms with Crippen LogP contribution in [0.3, 0.4) is 0 Å². The van der Waals surface area contributed by atoms with E-state index in [9.17, 15) is 14.3 Å². The highest BCUT2D eigenvalue weighted by Gasteiger charge is 2.27. The van der Waals surface area contributed by atoms with Gasteiger partial charge in [-0.1, -0.05) is 12.1 Å². The first-order valence-corrected chi connectivity index (χ1v) is 10.2. The Labute approximate surface area is 169 Å². The SMILES string of the molecule is O=C(NCc1ccc(F)cc1)c1nc(C2CCCO2)cc(N2CCCCC2)c1O. The van der Waals surface area contributed by atoms with E-state index < -0.39 is 5.91 Å². The van der Waals surface area contributed by atoms with E-state index in [-0.39, 0.29) is 29.9 Å². The molecule has 2 aliphatic rings. The Morgan fingerprint density at radius 2 is 1.97 bits per heavy atom. The van der Waals surface area contributed by atoms with Crippen molar-refractivity contribution in [1.82, 2.24) is 10.3 Å². The van der Waals surface area contributed by atoms with Crippen molar-refractivity contribution in [3.8, 4) is 5.75 Å². The summed E-state index contributed by atoms with van der Waals surface area (Å²) in [6.45, 7) is 2.60. The molecule has 1 amide bonds. The molecule has 2 aliphatic heterocycles. The number of carbonyl (C=O) groups excluding carboxylic acids is 1. The highest BCUT2D eigenvalue weighted by molar-refractivity contribution is 5.96. The molecule has 154 valence electrons. The summed E-state index contributed by atoms with van der Waals surface area (Å²) in [6, 6.07) is 7.80. The highest BCUT2D eigenvalue weighted by Crippen LogP contribution is 2.37. The van der Waals surface area contributed by atoms with Crippen molar-refractivity contribution in [2.45, 2.75) is 44.8 Å². The van der Waals surface area contributed by atoms with E-state index in [2.05, 4.69) is 15.2 Å². The summed E-state index contributed by atoms with van der Waals surface area (Å²) in [5.41, 5.74) is 2.12. The number of amides is 1. The second-order valence-electron chi connectivity index (χ2n) is 7.62. The maximum Gasteiger partial charge on any atom is 0.274 e. The van der Waals surface area contributed by atoms with Crippen molar-refractivity contribution in [2.75, 3.05) is 24.6 Å². The third-order valence-corrected chi connectivity index (χ3v) is 5.53. The average molecular weight is 399 g/mol. The molecule has 0 saturated carbocycles. The molecule has 1 atom stereocenters. The molecule has 2 aromatic rings. The molecule has 0 spiro atoms. The van der Waals surface area contributed by atoms with E-state index in [0.717, 1.165) is 44.3 Å². The zero-order chi connectivity index (χ0) is 20.2. The van der Waals surface area contributed by atoms with Crippen LogP contribution in [-0.4, -0.2) is 35.7 Å². The van der Waals surface area contributed by atoms with Crippen molar-refractivity contribution >= 4 is 11.6 Å². The molecule has 3 heterocycles. The van der Waals surface area contributed by atoms with Crippen LogP contribution in [0.25, 0.3) is 0 Å². The summed E-state index contributed by atoms with van der Waals surface area (Å²) in [6.07, 6.45) is 4.95. The molecular weight excluding hydrogens is 373 g/mol. The van der Waals surface area contributed by atoms with E-state index in [0.29, 0.717) is 18.0 Å². The van der Waals surface area contributed by atoms with Gasteiger partial charge < -0.3 is 20.1 Å². The number of aromatic nitrogens is 1. The van der Waals surface area contributed by atoms with Crippen molar-refractivity contribution in [1.29, 1.82) is 0 Å². The zero-order valence-electron chi connectivity index (χ0n) is 16.4. The van der Waals surface area contributed by atoms with Gasteiger partial charge in [0.25, 0.3) is 5.91 Å². The monoisotopic (exact) mass is 399 g/mol. The number of ether oxygens (including phenoxy) is 1. The lowest BCUT2D eigenvalue weighted by Gasteiger charge is -2.30. The largest absolute Gasteiger partial charge is 0.504 e. The molecule has 2 saturated heterocycles. The van der Waals surface area contributed by atoms with Crippen LogP contribution in [0.4, 0.5) is 10.1 Å². The van der Waals surface area contributed by atoms with E-state index >= 15 is 0 Å². The van der Waals surface area contributed by atoms with Crippen molar-refractivity contribution in [3.05, 3.63) is 53.1 Å². The fraction of sp³-hybridized carbons (Fsp3) is 0.455. The summed E-state index contributed by atoms with van der Waals surface area (Å²) in [7, 11) is 0. The molecule has 4 rings (SSSR count). The number of hydrogen-bond donors (Lipinski definition) is 2. The number of rotatable bonds is 5. The molecule has 1 unspecified atom stereocenters. The first kappa shape index (κ1) is 19.6. The normalized spacial score (nSPS) is 19.3. The third-order valence-electron chi connectivity index (χ3n) is 5.53. The van der Waals surface area contributed by atoms with Gasteiger partial charge in [0.05, 0.1) is 17.5 Å². The van der Waals surface area contributed by atoms with Gasteiger partial charge >= 0.3 is 0 Å². The van der Waals surface area contributed by atoms with Gasteiger partial charge in [0.2, 0.25) is 0 Å². The fourth-order valence-corrected chi connectivity index (χ4v) is 3.92. The quantitative estimate of drug-likeness (QED) is 0.802. The number of anilines is 1. The summed E-state index contributed by atoms with van der Waals surface area (Å²) < 4.78 is 18.8. The van der Waals surface area contributed by atoms with Gasteiger partial charge in [-0.05, 0) is 55.9 Å².